The molecule has 0 atom stereocenters. The highest BCUT2D eigenvalue weighted by molar-refractivity contribution is 7.98. The lowest BCUT2D eigenvalue weighted by Crippen LogP contribution is -2.30. The fraction of sp³-hybridized carbons (Fsp3) is 0.0769. The molecule has 0 radical (unpaired) electrons. The van der Waals surface area contributed by atoms with E-state index < -0.39 is 0 Å². The Labute approximate surface area is 201 Å². The van der Waals surface area contributed by atoms with Crippen LogP contribution in [0.2, 0.25) is 0 Å². The highest BCUT2D eigenvalue weighted by Crippen LogP contribution is 2.35. The lowest BCUT2D eigenvalue weighted by atomic mass is 10.1. The van der Waals surface area contributed by atoms with Gasteiger partial charge in [-0.15, -0.1) is 11.8 Å². The molecule has 0 aliphatic carbocycles. The molecule has 168 valence electrons. The zero-order chi connectivity index (χ0) is 23.5. The molecule has 0 fully saturated rings. The Bertz CT molecular complexity index is 1370. The number of aromatic nitrogens is 2. The average molecular weight is 468 g/mol. The highest BCUT2D eigenvalue weighted by Gasteiger charge is 2.25. The first-order valence-electron chi connectivity index (χ1n) is 10.7. The highest BCUT2D eigenvalue weighted by atomic mass is 32.2. The summed E-state index contributed by atoms with van der Waals surface area (Å²) < 4.78 is 0. The molecule has 0 bridgehead atoms. The van der Waals surface area contributed by atoms with Crippen molar-refractivity contribution in [3.8, 4) is 0 Å². The van der Waals surface area contributed by atoms with Crippen molar-refractivity contribution in [2.24, 2.45) is 0 Å². The third kappa shape index (κ3) is 4.23. The summed E-state index contributed by atoms with van der Waals surface area (Å²) in [7, 11) is 0. The number of nitrogens with zero attached hydrogens (tertiary/aromatic N) is 3. The second-order valence-corrected chi connectivity index (χ2v) is 8.48. The fourth-order valence-electron chi connectivity index (χ4n) is 3.82. The van der Waals surface area contributed by atoms with E-state index in [1.165, 1.54) is 18.0 Å². The average Bonchev–Trinajstić information content (AvgIpc) is 3.05. The van der Waals surface area contributed by atoms with Crippen LogP contribution in [0.1, 0.15) is 26.3 Å². The Kier molecular flexibility index (Phi) is 5.97. The van der Waals surface area contributed by atoms with Crippen molar-refractivity contribution in [2.45, 2.75) is 11.4 Å². The van der Waals surface area contributed by atoms with Crippen molar-refractivity contribution in [3.63, 3.8) is 0 Å². The summed E-state index contributed by atoms with van der Waals surface area (Å²) in [5.41, 5.74) is 3.48. The Balaban J connectivity index is 1.39. The van der Waals surface area contributed by atoms with Gasteiger partial charge in [-0.3, -0.25) is 9.59 Å². The number of thioether (sulfide) groups is 1. The Morgan fingerprint density at radius 1 is 0.971 bits per heavy atom. The van der Waals surface area contributed by atoms with E-state index in [4.69, 9.17) is 0 Å². The molecule has 2 aromatic heterocycles. The van der Waals surface area contributed by atoms with E-state index in [-0.39, 0.29) is 11.8 Å². The maximum atomic E-state index is 13.5. The van der Waals surface area contributed by atoms with E-state index in [0.717, 1.165) is 27.7 Å². The SMILES string of the molecule is CSc1ccccc1C(=O)Nc1ccc(C(=O)N2Cc3cccnc3Nc3ccccc32)cn1. The van der Waals surface area contributed by atoms with Gasteiger partial charge in [-0.2, -0.15) is 0 Å². The number of pyridine rings is 2. The van der Waals surface area contributed by atoms with E-state index in [2.05, 4.69) is 20.6 Å². The van der Waals surface area contributed by atoms with E-state index in [9.17, 15) is 9.59 Å². The second-order valence-electron chi connectivity index (χ2n) is 7.63. The molecule has 2 amide bonds. The minimum absolute atomic E-state index is 0.191. The maximum absolute atomic E-state index is 13.5. The fourth-order valence-corrected chi connectivity index (χ4v) is 4.42. The van der Waals surface area contributed by atoms with E-state index in [1.54, 1.807) is 29.3 Å². The normalized spacial score (nSPS) is 12.1. The molecule has 0 saturated heterocycles. The minimum atomic E-state index is -0.242. The van der Waals surface area contributed by atoms with Gasteiger partial charge in [0.2, 0.25) is 0 Å². The van der Waals surface area contributed by atoms with Crippen LogP contribution in [-0.4, -0.2) is 28.0 Å². The van der Waals surface area contributed by atoms with Crippen LogP contribution < -0.4 is 15.5 Å². The van der Waals surface area contributed by atoms with Gasteiger partial charge in [-0.25, -0.2) is 9.97 Å². The number of nitrogens with one attached hydrogen (secondary N) is 2. The maximum Gasteiger partial charge on any atom is 0.260 e. The second kappa shape index (κ2) is 9.36. The van der Waals surface area contributed by atoms with Gasteiger partial charge in [0, 0.05) is 22.9 Å². The summed E-state index contributed by atoms with van der Waals surface area (Å²) in [6, 6.07) is 22.1. The number of amides is 2. The van der Waals surface area contributed by atoms with Crippen molar-refractivity contribution in [2.75, 3.05) is 21.8 Å². The van der Waals surface area contributed by atoms with Crippen LogP contribution in [0, 0.1) is 0 Å². The number of rotatable bonds is 4. The van der Waals surface area contributed by atoms with Crippen molar-refractivity contribution in [1.29, 1.82) is 0 Å². The molecule has 1 aliphatic heterocycles. The van der Waals surface area contributed by atoms with Gasteiger partial charge in [0.05, 0.1) is 29.0 Å². The van der Waals surface area contributed by atoms with E-state index in [0.29, 0.717) is 23.5 Å². The first-order valence-corrected chi connectivity index (χ1v) is 11.9. The molecule has 7 nitrogen and oxygen atoms in total. The molecule has 2 N–H and O–H groups in total. The molecule has 0 saturated carbocycles. The number of para-hydroxylation sites is 2. The lowest BCUT2D eigenvalue weighted by Gasteiger charge is -2.22. The first kappa shape index (κ1) is 21.7. The molecule has 8 heteroatoms. The predicted octanol–water partition coefficient (Wildman–Crippen LogP) is 5.35. The summed E-state index contributed by atoms with van der Waals surface area (Å²) in [5.74, 6) is 0.675. The standard InChI is InChI=1S/C26H21N5O2S/c1-34-22-11-5-2-8-19(22)25(32)30-23-13-12-17(15-28-23)26(33)31-16-18-7-6-14-27-24(18)29-20-9-3-4-10-21(20)31/h2-15H,16H2,1H3,(H,27,29)(H,28,30,32). The Morgan fingerprint density at radius 3 is 2.62 bits per heavy atom. The molecule has 1 aliphatic rings. The number of carbonyl (C=O) groups is 2. The van der Waals surface area contributed by atoms with Gasteiger partial charge in [0.1, 0.15) is 11.6 Å². The number of benzene rings is 2. The number of carbonyl (C=O) groups excluding carboxylic acids is 2. The number of hydrogen-bond acceptors (Lipinski definition) is 6. The molecule has 4 aromatic rings. The Morgan fingerprint density at radius 2 is 1.79 bits per heavy atom. The van der Waals surface area contributed by atoms with Crippen LogP contribution in [0.3, 0.4) is 0 Å². The number of hydrogen-bond donors (Lipinski definition) is 2. The number of anilines is 4. The molecule has 5 rings (SSSR count). The zero-order valence-corrected chi connectivity index (χ0v) is 19.2. The van der Waals surface area contributed by atoms with Gasteiger partial charge < -0.3 is 15.5 Å². The van der Waals surface area contributed by atoms with Crippen LogP contribution in [0.5, 0.6) is 0 Å². The predicted molar refractivity (Wildman–Crippen MR) is 135 cm³/mol. The third-order valence-corrected chi connectivity index (χ3v) is 6.31. The molecule has 3 heterocycles. The number of fused-ring (bicyclic) bond motifs is 2. The smallest absolute Gasteiger partial charge is 0.260 e. The van der Waals surface area contributed by atoms with Crippen LogP contribution in [-0.2, 0) is 6.54 Å². The monoisotopic (exact) mass is 467 g/mol. The Hall–Kier alpha value is -4.17. The molecule has 0 spiro atoms. The van der Waals surface area contributed by atoms with Crippen LogP contribution in [0.25, 0.3) is 0 Å². The zero-order valence-electron chi connectivity index (χ0n) is 18.4. The van der Waals surface area contributed by atoms with Crippen molar-refractivity contribution in [3.05, 3.63) is 102 Å². The lowest BCUT2D eigenvalue weighted by molar-refractivity contribution is 0.0984. The topological polar surface area (TPSA) is 87.2 Å². The van der Waals surface area contributed by atoms with E-state index in [1.807, 2.05) is 60.9 Å². The summed E-state index contributed by atoms with van der Waals surface area (Å²) in [4.78, 5) is 37.5. The molecule has 0 unspecified atom stereocenters. The molecular formula is C26H21N5O2S. The molecule has 2 aromatic carbocycles. The molecule has 34 heavy (non-hydrogen) atoms. The van der Waals surface area contributed by atoms with Crippen molar-refractivity contribution in [1.82, 2.24) is 9.97 Å². The summed E-state index contributed by atoms with van der Waals surface area (Å²) >= 11 is 1.51. The quantitative estimate of drug-likeness (QED) is 0.393. The van der Waals surface area contributed by atoms with Gasteiger partial charge in [-0.05, 0) is 48.7 Å². The van der Waals surface area contributed by atoms with Gasteiger partial charge in [0.15, 0.2) is 0 Å². The first-order chi connectivity index (χ1) is 16.6. The van der Waals surface area contributed by atoms with Crippen LogP contribution in [0.15, 0.2) is 90.1 Å². The van der Waals surface area contributed by atoms with Gasteiger partial charge >= 0.3 is 0 Å². The van der Waals surface area contributed by atoms with Crippen molar-refractivity contribution < 1.29 is 9.59 Å². The van der Waals surface area contributed by atoms with Gasteiger partial charge in [0.25, 0.3) is 11.8 Å². The third-order valence-electron chi connectivity index (χ3n) is 5.52. The largest absolute Gasteiger partial charge is 0.338 e. The minimum Gasteiger partial charge on any atom is -0.338 e. The van der Waals surface area contributed by atoms with Crippen LogP contribution in [0.4, 0.5) is 23.0 Å². The van der Waals surface area contributed by atoms with E-state index >= 15 is 0 Å². The summed E-state index contributed by atoms with van der Waals surface area (Å²) in [6.07, 6.45) is 5.14. The summed E-state index contributed by atoms with van der Waals surface area (Å²) in [6.45, 7) is 0.371. The van der Waals surface area contributed by atoms with Crippen molar-refractivity contribution >= 4 is 46.6 Å². The molecular weight excluding hydrogens is 446 g/mol. The summed E-state index contributed by atoms with van der Waals surface area (Å²) in [5, 5.41) is 6.14. The van der Waals surface area contributed by atoms with Crippen LogP contribution >= 0.6 is 11.8 Å². The van der Waals surface area contributed by atoms with Gasteiger partial charge in [-0.1, -0.05) is 30.3 Å².